The lowest BCUT2D eigenvalue weighted by atomic mass is 9.66. The van der Waals surface area contributed by atoms with Crippen molar-refractivity contribution in [1.29, 1.82) is 0 Å². The van der Waals surface area contributed by atoms with E-state index in [0.29, 0.717) is 19.5 Å². The molecule has 4 rings (SSSR count). The molecule has 2 amide bonds. The second-order valence-electron chi connectivity index (χ2n) is 10.9. The van der Waals surface area contributed by atoms with Gasteiger partial charge in [0, 0.05) is 17.8 Å². The Kier molecular flexibility index (Phi) is 8.10. The van der Waals surface area contributed by atoms with Crippen LogP contribution < -0.4 is 0 Å². The molecule has 7 atom stereocenters. The van der Waals surface area contributed by atoms with Gasteiger partial charge in [-0.05, 0) is 38.2 Å². The Labute approximate surface area is 224 Å². The van der Waals surface area contributed by atoms with E-state index in [9.17, 15) is 19.5 Å². The van der Waals surface area contributed by atoms with Crippen LogP contribution in [0.15, 0.2) is 43.0 Å². The molecule has 0 saturated carbocycles. The molecule has 3 saturated heterocycles. The van der Waals surface area contributed by atoms with Crippen LogP contribution in [-0.4, -0.2) is 74.0 Å². The molecule has 7 nitrogen and oxygen atoms in total. The first-order valence-electron chi connectivity index (χ1n) is 13.4. The average molecular weight is 529 g/mol. The van der Waals surface area contributed by atoms with Crippen LogP contribution in [0.3, 0.4) is 0 Å². The van der Waals surface area contributed by atoms with Crippen LogP contribution >= 0.6 is 11.8 Å². The number of carbonyl (C=O) groups excluding carboxylic acids is 3. The fourth-order valence-electron chi connectivity index (χ4n) is 6.77. The smallest absolute Gasteiger partial charge is 0.311 e. The van der Waals surface area contributed by atoms with Crippen LogP contribution in [0.2, 0.25) is 0 Å². The second-order valence-corrected chi connectivity index (χ2v) is 12.8. The van der Waals surface area contributed by atoms with Gasteiger partial charge in [0.1, 0.15) is 6.04 Å². The number of benzene rings is 1. The highest BCUT2D eigenvalue weighted by molar-refractivity contribution is 8.02. The summed E-state index contributed by atoms with van der Waals surface area (Å²) in [5, 5.41) is 10.5. The number of carbonyl (C=O) groups is 3. The van der Waals surface area contributed by atoms with Crippen LogP contribution in [-0.2, 0) is 25.7 Å². The molecule has 3 fully saturated rings. The summed E-state index contributed by atoms with van der Waals surface area (Å²) >= 11 is 1.63. The number of hydrogen-bond acceptors (Lipinski definition) is 6. The minimum Gasteiger partial charge on any atom is -0.466 e. The number of nitrogens with zero attached hydrogens (tertiary/aromatic N) is 2. The predicted octanol–water partition coefficient (Wildman–Crippen LogP) is 3.65. The van der Waals surface area contributed by atoms with Gasteiger partial charge in [-0.25, -0.2) is 0 Å². The lowest BCUT2D eigenvalue weighted by Crippen LogP contribution is -2.58. The molecule has 1 aromatic carbocycles. The van der Waals surface area contributed by atoms with Crippen molar-refractivity contribution in [1.82, 2.24) is 9.80 Å². The van der Waals surface area contributed by atoms with Gasteiger partial charge in [0.25, 0.3) is 0 Å². The number of ether oxygens (including phenoxy) is 1. The number of amides is 2. The Morgan fingerprint density at radius 2 is 2.00 bits per heavy atom. The number of likely N-dealkylation sites (tertiary alicyclic amines) is 1. The van der Waals surface area contributed by atoms with Crippen molar-refractivity contribution in [2.75, 3.05) is 19.8 Å². The maximum Gasteiger partial charge on any atom is 0.311 e. The van der Waals surface area contributed by atoms with E-state index >= 15 is 0 Å². The van der Waals surface area contributed by atoms with Crippen LogP contribution in [0.1, 0.15) is 52.5 Å². The first-order valence-corrected chi connectivity index (χ1v) is 14.2. The largest absolute Gasteiger partial charge is 0.466 e. The Balaban J connectivity index is 1.81. The molecule has 1 spiro atoms. The van der Waals surface area contributed by atoms with Gasteiger partial charge in [0.05, 0.1) is 35.8 Å². The van der Waals surface area contributed by atoms with E-state index in [1.165, 1.54) is 0 Å². The number of rotatable bonds is 11. The lowest BCUT2D eigenvalue weighted by molar-refractivity contribution is -0.156. The molecule has 1 N–H and O–H groups in total. The Morgan fingerprint density at radius 1 is 1.30 bits per heavy atom. The van der Waals surface area contributed by atoms with Gasteiger partial charge in [0.2, 0.25) is 11.8 Å². The topological polar surface area (TPSA) is 87.2 Å². The van der Waals surface area contributed by atoms with Crippen LogP contribution in [0, 0.1) is 17.8 Å². The van der Waals surface area contributed by atoms with Gasteiger partial charge in [-0.2, -0.15) is 0 Å². The van der Waals surface area contributed by atoms with Gasteiger partial charge in [-0.15, -0.1) is 18.3 Å². The van der Waals surface area contributed by atoms with Crippen molar-refractivity contribution in [3.63, 3.8) is 0 Å². The van der Waals surface area contributed by atoms with E-state index in [1.54, 1.807) is 34.6 Å². The molecule has 202 valence electrons. The molecule has 0 aliphatic carbocycles. The summed E-state index contributed by atoms with van der Waals surface area (Å²) in [5.74, 6) is -1.99. The van der Waals surface area contributed by atoms with Crippen molar-refractivity contribution in [2.45, 2.75) is 75.1 Å². The molecule has 2 bridgehead atoms. The van der Waals surface area contributed by atoms with Crippen LogP contribution in [0.4, 0.5) is 0 Å². The van der Waals surface area contributed by atoms with Gasteiger partial charge in [-0.3, -0.25) is 14.4 Å². The van der Waals surface area contributed by atoms with E-state index < -0.39 is 33.4 Å². The number of hydrogen-bond donors (Lipinski definition) is 1. The molecular weight excluding hydrogens is 488 g/mol. The standard InChI is InChI=1S/C29H40N2O5S/c1-6-16-30(17-20-12-10-9-11-13-20)26(34)24-29-15-14-28(5,37-29)23(27(35)36-8-3)22(29)25(33)31(24)21(18-32)19(4)7-2/h6,9-13,19,21-24,32H,1,7-8,14-18H2,2-5H3/t19-,21-,22-,23-,24?,28+,29?/m0/s1. The van der Waals surface area contributed by atoms with Crippen molar-refractivity contribution in [3.8, 4) is 0 Å². The summed E-state index contributed by atoms with van der Waals surface area (Å²) < 4.78 is 4.26. The summed E-state index contributed by atoms with van der Waals surface area (Å²) in [5.41, 5.74) is 0.989. The molecule has 8 heteroatoms. The Bertz CT molecular complexity index is 1030. The van der Waals surface area contributed by atoms with E-state index in [4.69, 9.17) is 4.74 Å². The van der Waals surface area contributed by atoms with Crippen LogP contribution in [0.5, 0.6) is 0 Å². The molecule has 0 aromatic heterocycles. The highest BCUT2D eigenvalue weighted by atomic mass is 32.2. The minimum atomic E-state index is -0.772. The number of thioether (sulfide) groups is 1. The zero-order valence-electron chi connectivity index (χ0n) is 22.4. The molecule has 3 aliphatic rings. The van der Waals surface area contributed by atoms with Gasteiger partial charge >= 0.3 is 5.97 Å². The Hall–Kier alpha value is -2.32. The molecule has 3 heterocycles. The number of aliphatic hydroxyl groups excluding tert-OH is 1. The summed E-state index contributed by atoms with van der Waals surface area (Å²) in [6, 6.07) is 8.49. The molecule has 2 unspecified atom stereocenters. The lowest BCUT2D eigenvalue weighted by Gasteiger charge is -2.41. The van der Waals surface area contributed by atoms with Crippen LogP contribution in [0.25, 0.3) is 0 Å². The SMILES string of the molecule is C=CCN(Cc1ccccc1)C(=O)C1N([C@@H](CO)[C@@H](C)CC)C(=O)[C@@H]2[C@@H](C(=O)OCC)[C@@]3(C)CCC12S3. The third kappa shape index (κ3) is 4.50. The third-order valence-corrected chi connectivity index (χ3v) is 10.7. The van der Waals surface area contributed by atoms with E-state index in [0.717, 1.165) is 18.4 Å². The fourth-order valence-corrected chi connectivity index (χ4v) is 9.09. The molecule has 37 heavy (non-hydrogen) atoms. The van der Waals surface area contributed by atoms with E-state index in [1.807, 2.05) is 51.1 Å². The first-order chi connectivity index (χ1) is 17.7. The number of esters is 1. The van der Waals surface area contributed by atoms with Gasteiger partial charge < -0.3 is 19.6 Å². The van der Waals surface area contributed by atoms with Gasteiger partial charge in [0.15, 0.2) is 0 Å². The quantitative estimate of drug-likeness (QED) is 0.349. The molecule has 3 aliphatic heterocycles. The highest BCUT2D eigenvalue weighted by Gasteiger charge is 2.78. The highest BCUT2D eigenvalue weighted by Crippen LogP contribution is 2.72. The zero-order chi connectivity index (χ0) is 27.0. The monoisotopic (exact) mass is 528 g/mol. The maximum atomic E-state index is 14.5. The molecule has 0 radical (unpaired) electrons. The van der Waals surface area contributed by atoms with E-state index in [-0.39, 0.29) is 36.9 Å². The fraction of sp³-hybridized carbons (Fsp3) is 0.621. The summed E-state index contributed by atoms with van der Waals surface area (Å²) in [6.45, 7) is 12.4. The normalized spacial score (nSPS) is 31.6. The zero-order valence-corrected chi connectivity index (χ0v) is 23.2. The summed E-state index contributed by atoms with van der Waals surface area (Å²) in [4.78, 5) is 45.5. The van der Waals surface area contributed by atoms with E-state index in [2.05, 4.69) is 6.58 Å². The second kappa shape index (κ2) is 10.8. The summed E-state index contributed by atoms with van der Waals surface area (Å²) in [7, 11) is 0. The predicted molar refractivity (Wildman–Crippen MR) is 145 cm³/mol. The Morgan fingerprint density at radius 3 is 2.59 bits per heavy atom. The number of aliphatic hydroxyl groups is 1. The minimum absolute atomic E-state index is 0.0136. The maximum absolute atomic E-state index is 14.5. The molecular formula is C29H40N2O5S. The van der Waals surface area contributed by atoms with Crippen molar-refractivity contribution in [2.24, 2.45) is 17.8 Å². The summed E-state index contributed by atoms with van der Waals surface area (Å²) in [6.07, 6.45) is 3.85. The first kappa shape index (κ1) is 27.7. The van der Waals surface area contributed by atoms with Crippen molar-refractivity contribution < 1.29 is 24.2 Å². The third-order valence-electron chi connectivity index (χ3n) is 8.71. The van der Waals surface area contributed by atoms with Gasteiger partial charge in [-0.1, -0.05) is 56.7 Å². The van der Waals surface area contributed by atoms with Crippen molar-refractivity contribution in [3.05, 3.63) is 48.6 Å². The average Bonchev–Trinajstić information content (AvgIpc) is 3.45. The van der Waals surface area contributed by atoms with Crippen molar-refractivity contribution >= 4 is 29.5 Å². The number of fused-ring (bicyclic) bond motifs is 1. The molecule has 1 aromatic rings.